The number of hydrazone groups is 1. The van der Waals surface area contributed by atoms with Crippen LogP contribution in [0.2, 0.25) is 10.0 Å². The van der Waals surface area contributed by atoms with Crippen LogP contribution in [0, 0.1) is 0 Å². The fourth-order valence-corrected chi connectivity index (χ4v) is 3.86. The first-order chi connectivity index (χ1) is 19.2. The lowest BCUT2D eigenvalue weighted by molar-refractivity contribution is -0.145. The molecule has 0 radical (unpaired) electrons. The van der Waals surface area contributed by atoms with Crippen molar-refractivity contribution < 1.29 is 28.6 Å². The molecule has 2 N–H and O–H groups in total. The molecule has 0 bridgehead atoms. The van der Waals surface area contributed by atoms with Crippen molar-refractivity contribution in [3.63, 3.8) is 0 Å². The van der Waals surface area contributed by atoms with Gasteiger partial charge in [-0.3, -0.25) is 9.59 Å². The molecular formula is C29H29Cl2N3O6. The number of rotatable bonds is 13. The summed E-state index contributed by atoms with van der Waals surface area (Å²) in [6.07, 6.45) is 0.732. The Hall–Kier alpha value is -4.08. The Labute approximate surface area is 242 Å². The highest BCUT2D eigenvalue weighted by Gasteiger charge is 2.25. The molecule has 2 atom stereocenters. The van der Waals surface area contributed by atoms with Crippen molar-refractivity contribution in [2.24, 2.45) is 5.10 Å². The van der Waals surface area contributed by atoms with Crippen molar-refractivity contribution in [3.05, 3.63) is 94.0 Å². The van der Waals surface area contributed by atoms with Gasteiger partial charge in [0.1, 0.15) is 17.5 Å². The van der Waals surface area contributed by atoms with E-state index in [1.807, 2.05) is 30.3 Å². The summed E-state index contributed by atoms with van der Waals surface area (Å²) in [5, 5.41) is 7.45. The van der Waals surface area contributed by atoms with Crippen LogP contribution in [0.1, 0.15) is 25.0 Å². The number of nitrogens with zero attached hydrogens (tertiary/aromatic N) is 1. The largest absolute Gasteiger partial charge is 0.482 e. The van der Waals surface area contributed by atoms with E-state index in [-0.39, 0.29) is 24.7 Å². The number of carbonyl (C=O) groups is 3. The van der Waals surface area contributed by atoms with E-state index >= 15 is 0 Å². The summed E-state index contributed by atoms with van der Waals surface area (Å²) in [6, 6.07) is 19.7. The molecule has 0 aliphatic carbocycles. The smallest absolute Gasteiger partial charge is 0.344 e. The maximum absolute atomic E-state index is 13.0. The van der Waals surface area contributed by atoms with Gasteiger partial charge >= 0.3 is 5.97 Å². The average molecular weight is 586 g/mol. The summed E-state index contributed by atoms with van der Waals surface area (Å²) in [5.41, 5.74) is 4.00. The lowest BCUT2D eigenvalue weighted by Gasteiger charge is -2.21. The van der Waals surface area contributed by atoms with E-state index in [9.17, 15) is 14.4 Å². The van der Waals surface area contributed by atoms with Gasteiger partial charge in [0.25, 0.3) is 11.8 Å². The Morgan fingerprint density at radius 2 is 1.70 bits per heavy atom. The number of halogens is 2. The van der Waals surface area contributed by atoms with Crippen molar-refractivity contribution in [1.29, 1.82) is 0 Å². The number of carbonyl (C=O) groups excluding carboxylic acids is 3. The van der Waals surface area contributed by atoms with Gasteiger partial charge < -0.3 is 19.5 Å². The normalized spacial score (nSPS) is 12.3. The summed E-state index contributed by atoms with van der Waals surface area (Å²) in [5.74, 6) is -0.706. The number of benzene rings is 3. The lowest BCUT2D eigenvalue weighted by Crippen LogP contribution is -2.50. The van der Waals surface area contributed by atoms with Crippen LogP contribution in [0.3, 0.4) is 0 Å². The Morgan fingerprint density at radius 3 is 2.38 bits per heavy atom. The fourth-order valence-electron chi connectivity index (χ4n) is 3.41. The molecule has 0 unspecified atom stereocenters. The Kier molecular flexibility index (Phi) is 11.8. The van der Waals surface area contributed by atoms with E-state index in [1.165, 1.54) is 12.3 Å². The monoisotopic (exact) mass is 585 g/mol. The summed E-state index contributed by atoms with van der Waals surface area (Å²) < 4.78 is 15.9. The molecule has 0 saturated heterocycles. The molecule has 0 aliphatic heterocycles. The topological polar surface area (TPSA) is 115 Å². The zero-order chi connectivity index (χ0) is 28.9. The highest BCUT2D eigenvalue weighted by molar-refractivity contribution is 6.35. The molecule has 3 aromatic carbocycles. The number of hydrogen-bond donors (Lipinski definition) is 2. The summed E-state index contributed by atoms with van der Waals surface area (Å²) >= 11 is 12.1. The standard InChI is InChI=1S/C29H29Cl2N3O6/c1-3-38-27(35)18-39-23-12-9-21(10-13-23)17-32-34-29(37)25(15-20-7-5-4-6-8-20)33-28(36)19(2)40-26-14-11-22(30)16-24(26)31/h4-14,16-17,19,25H,3,15,18H2,1-2H3,(H,33,36)(H,34,37)/b32-17-/t19-,25+/m0/s1. The van der Waals surface area contributed by atoms with Crippen LogP contribution < -0.4 is 20.2 Å². The fraction of sp³-hybridized carbons (Fsp3) is 0.241. The minimum Gasteiger partial charge on any atom is -0.482 e. The van der Waals surface area contributed by atoms with Gasteiger partial charge in [0, 0.05) is 11.4 Å². The van der Waals surface area contributed by atoms with Crippen molar-refractivity contribution >= 4 is 47.2 Å². The van der Waals surface area contributed by atoms with Crippen molar-refractivity contribution in [1.82, 2.24) is 10.7 Å². The molecule has 0 saturated carbocycles. The predicted molar refractivity (Wildman–Crippen MR) is 153 cm³/mol. The second kappa shape index (κ2) is 15.5. The Balaban J connectivity index is 1.61. The van der Waals surface area contributed by atoms with Gasteiger partial charge in [-0.2, -0.15) is 5.10 Å². The number of amides is 2. The second-order valence-electron chi connectivity index (χ2n) is 8.48. The van der Waals surface area contributed by atoms with Crippen LogP contribution in [0.25, 0.3) is 0 Å². The molecule has 3 rings (SSSR count). The van der Waals surface area contributed by atoms with Crippen LogP contribution in [0.4, 0.5) is 0 Å². The van der Waals surface area contributed by atoms with Crippen LogP contribution in [0.5, 0.6) is 11.5 Å². The van der Waals surface area contributed by atoms with Gasteiger partial charge in [-0.25, -0.2) is 10.2 Å². The number of esters is 1. The first-order valence-corrected chi connectivity index (χ1v) is 13.2. The molecule has 0 aromatic heterocycles. The van der Waals surface area contributed by atoms with Gasteiger partial charge in [-0.05, 0) is 67.4 Å². The third-order valence-corrected chi connectivity index (χ3v) is 5.94. The van der Waals surface area contributed by atoms with E-state index in [1.54, 1.807) is 50.2 Å². The zero-order valence-electron chi connectivity index (χ0n) is 21.9. The number of ether oxygens (including phenoxy) is 3. The number of nitrogens with one attached hydrogen (secondary N) is 2. The van der Waals surface area contributed by atoms with E-state index < -0.39 is 29.9 Å². The van der Waals surface area contributed by atoms with E-state index in [0.717, 1.165) is 5.56 Å². The number of hydrogen-bond acceptors (Lipinski definition) is 7. The molecule has 0 fully saturated rings. The molecule has 40 heavy (non-hydrogen) atoms. The molecule has 11 heteroatoms. The minimum atomic E-state index is -0.946. The quantitative estimate of drug-likeness (QED) is 0.172. The van der Waals surface area contributed by atoms with Crippen LogP contribution >= 0.6 is 23.2 Å². The zero-order valence-corrected chi connectivity index (χ0v) is 23.4. The van der Waals surface area contributed by atoms with Crippen molar-refractivity contribution in [2.45, 2.75) is 32.4 Å². The SMILES string of the molecule is CCOC(=O)COc1ccc(/C=N\NC(=O)[C@@H](Cc2ccccc2)NC(=O)[C@H](C)Oc2ccc(Cl)cc2Cl)cc1. The maximum atomic E-state index is 13.0. The van der Waals surface area contributed by atoms with Crippen LogP contribution in [-0.2, 0) is 25.5 Å². The van der Waals surface area contributed by atoms with Gasteiger partial charge in [0.05, 0.1) is 17.8 Å². The Bertz CT molecular complexity index is 1320. The Morgan fingerprint density at radius 1 is 0.975 bits per heavy atom. The van der Waals surface area contributed by atoms with Crippen LogP contribution in [0.15, 0.2) is 77.9 Å². The van der Waals surface area contributed by atoms with Gasteiger partial charge in [0.2, 0.25) is 0 Å². The first kappa shape index (κ1) is 30.5. The first-order valence-electron chi connectivity index (χ1n) is 12.4. The highest BCUT2D eigenvalue weighted by Crippen LogP contribution is 2.28. The highest BCUT2D eigenvalue weighted by atomic mass is 35.5. The summed E-state index contributed by atoms with van der Waals surface area (Å²) in [6.45, 7) is 3.36. The third-order valence-electron chi connectivity index (χ3n) is 5.41. The molecule has 2 amide bonds. The molecule has 9 nitrogen and oxygen atoms in total. The van der Waals surface area contributed by atoms with Gasteiger partial charge in [-0.15, -0.1) is 0 Å². The molecule has 210 valence electrons. The molecule has 0 spiro atoms. The molecule has 0 aliphatic rings. The predicted octanol–water partition coefficient (Wildman–Crippen LogP) is 4.58. The third kappa shape index (κ3) is 9.91. The molecule has 3 aromatic rings. The van der Waals surface area contributed by atoms with E-state index in [2.05, 4.69) is 15.8 Å². The summed E-state index contributed by atoms with van der Waals surface area (Å²) in [4.78, 5) is 37.4. The van der Waals surface area contributed by atoms with Gasteiger partial charge in [-0.1, -0.05) is 53.5 Å². The molecule has 0 heterocycles. The minimum absolute atomic E-state index is 0.192. The second-order valence-corrected chi connectivity index (χ2v) is 9.33. The van der Waals surface area contributed by atoms with Crippen molar-refractivity contribution in [3.8, 4) is 11.5 Å². The van der Waals surface area contributed by atoms with Crippen LogP contribution in [-0.4, -0.2) is 49.4 Å². The van der Waals surface area contributed by atoms with E-state index in [0.29, 0.717) is 22.1 Å². The molecular weight excluding hydrogens is 557 g/mol. The lowest BCUT2D eigenvalue weighted by atomic mass is 10.1. The van der Waals surface area contributed by atoms with Gasteiger partial charge in [0.15, 0.2) is 12.7 Å². The maximum Gasteiger partial charge on any atom is 0.344 e. The average Bonchev–Trinajstić information content (AvgIpc) is 2.94. The summed E-state index contributed by atoms with van der Waals surface area (Å²) in [7, 11) is 0. The van der Waals surface area contributed by atoms with E-state index in [4.69, 9.17) is 37.4 Å². The van der Waals surface area contributed by atoms with Crippen molar-refractivity contribution in [2.75, 3.05) is 13.2 Å².